The number of hydrogen-bond acceptors (Lipinski definition) is 5. The molecule has 1 aromatic heterocycles. The van der Waals surface area contributed by atoms with Gasteiger partial charge in [0.2, 0.25) is 11.9 Å². The number of carbonyl (C=O) groups excluding carboxylic acids is 1. The fraction of sp³-hybridized carbons (Fsp3) is 0.577. The number of nitrogens with one attached hydrogen (secondary N) is 1. The molecule has 2 heterocycles. The summed E-state index contributed by atoms with van der Waals surface area (Å²) in [7, 11) is 0. The molecule has 1 N–H and O–H groups in total. The molecule has 3 aliphatic rings. The second-order valence-electron chi connectivity index (χ2n) is 9.95. The van der Waals surface area contributed by atoms with Gasteiger partial charge in [-0.2, -0.15) is 0 Å². The van der Waals surface area contributed by atoms with Gasteiger partial charge in [0.1, 0.15) is 11.6 Å². The summed E-state index contributed by atoms with van der Waals surface area (Å²) in [5, 5.41) is 3.52. The number of amides is 1. The van der Waals surface area contributed by atoms with Crippen LogP contribution in [-0.2, 0) is 11.2 Å². The van der Waals surface area contributed by atoms with Crippen molar-refractivity contribution in [2.75, 3.05) is 24.6 Å². The van der Waals surface area contributed by atoms with Gasteiger partial charge in [0, 0.05) is 25.2 Å². The zero-order valence-electron chi connectivity index (χ0n) is 19.4. The third kappa shape index (κ3) is 5.80. The fourth-order valence-corrected chi connectivity index (χ4v) is 5.37. The first-order valence-electron chi connectivity index (χ1n) is 12.5. The standard InChI is InChI=1S/C26H32ClFN4O2/c27-20-15-29-26(30-16-20)32-9-6-17(7-10-32)23-12-18(23)8-11-34-22-5-4-19(24(28)14-22)13-25(33)31-21-2-1-3-21/h4-5,14-18,21,23H,1-3,6-13H2,(H,31,33). The van der Waals surface area contributed by atoms with Crippen molar-refractivity contribution in [1.82, 2.24) is 15.3 Å². The first-order chi connectivity index (χ1) is 16.5. The Morgan fingerprint density at radius 1 is 1.18 bits per heavy atom. The number of halogens is 2. The second kappa shape index (κ2) is 10.5. The molecular weight excluding hydrogens is 455 g/mol. The highest BCUT2D eigenvalue weighted by Crippen LogP contribution is 2.49. The fourth-order valence-electron chi connectivity index (χ4n) is 5.27. The van der Waals surface area contributed by atoms with Crippen LogP contribution in [0.2, 0.25) is 5.02 Å². The van der Waals surface area contributed by atoms with Gasteiger partial charge in [0.05, 0.1) is 30.4 Å². The Kier molecular flexibility index (Phi) is 7.18. The first kappa shape index (κ1) is 23.3. The van der Waals surface area contributed by atoms with Crippen molar-refractivity contribution in [2.45, 2.75) is 57.4 Å². The Balaban J connectivity index is 1.01. The van der Waals surface area contributed by atoms with E-state index >= 15 is 0 Å². The van der Waals surface area contributed by atoms with Crippen LogP contribution < -0.4 is 15.0 Å². The van der Waals surface area contributed by atoms with Crippen LogP contribution in [0.15, 0.2) is 30.6 Å². The number of rotatable bonds is 9. The molecule has 0 radical (unpaired) electrons. The van der Waals surface area contributed by atoms with E-state index in [9.17, 15) is 9.18 Å². The summed E-state index contributed by atoms with van der Waals surface area (Å²) < 4.78 is 20.3. The third-order valence-corrected chi connectivity index (χ3v) is 7.81. The largest absolute Gasteiger partial charge is 0.493 e. The number of anilines is 1. The van der Waals surface area contributed by atoms with Gasteiger partial charge in [0.25, 0.3) is 0 Å². The minimum absolute atomic E-state index is 0.0787. The van der Waals surface area contributed by atoms with Gasteiger partial charge in [-0.05, 0) is 74.3 Å². The molecule has 1 aromatic carbocycles. The molecule has 2 saturated carbocycles. The van der Waals surface area contributed by atoms with Crippen LogP contribution in [-0.4, -0.2) is 41.6 Å². The number of piperidine rings is 1. The van der Waals surface area contributed by atoms with E-state index in [1.807, 2.05) is 0 Å². The quantitative estimate of drug-likeness (QED) is 0.551. The molecule has 2 atom stereocenters. The minimum Gasteiger partial charge on any atom is -0.493 e. The molecule has 3 fully saturated rings. The molecular formula is C26H32ClFN4O2. The van der Waals surface area contributed by atoms with Gasteiger partial charge in [-0.3, -0.25) is 4.79 Å². The molecule has 182 valence electrons. The molecule has 8 heteroatoms. The molecule has 5 rings (SSSR count). The Labute approximate surface area is 205 Å². The Morgan fingerprint density at radius 2 is 1.94 bits per heavy atom. The highest BCUT2D eigenvalue weighted by molar-refractivity contribution is 6.30. The topological polar surface area (TPSA) is 67.3 Å². The van der Waals surface area contributed by atoms with Gasteiger partial charge in [-0.15, -0.1) is 0 Å². The minimum atomic E-state index is -0.373. The van der Waals surface area contributed by atoms with Crippen LogP contribution in [0.1, 0.15) is 50.5 Å². The lowest BCUT2D eigenvalue weighted by atomic mass is 9.90. The van der Waals surface area contributed by atoms with Crippen molar-refractivity contribution in [3.63, 3.8) is 0 Å². The molecule has 0 spiro atoms. The summed E-state index contributed by atoms with van der Waals surface area (Å²) in [6.07, 6.45) is 11.2. The van der Waals surface area contributed by atoms with Crippen LogP contribution >= 0.6 is 11.6 Å². The number of ether oxygens (including phenoxy) is 1. The van der Waals surface area contributed by atoms with E-state index in [1.54, 1.807) is 24.5 Å². The van der Waals surface area contributed by atoms with Crippen molar-refractivity contribution in [2.24, 2.45) is 17.8 Å². The van der Waals surface area contributed by atoms with E-state index in [2.05, 4.69) is 20.2 Å². The molecule has 2 aromatic rings. The summed E-state index contributed by atoms with van der Waals surface area (Å²) in [6, 6.07) is 5.12. The SMILES string of the molecule is O=C(Cc1ccc(OCCC2CC2C2CCN(c3ncc(Cl)cn3)CC2)cc1F)NC1CCC1. The van der Waals surface area contributed by atoms with E-state index < -0.39 is 0 Å². The first-order valence-corrected chi connectivity index (χ1v) is 12.9. The van der Waals surface area contributed by atoms with Gasteiger partial charge in [0.15, 0.2) is 0 Å². The molecule has 6 nitrogen and oxygen atoms in total. The molecule has 2 aliphatic carbocycles. The summed E-state index contributed by atoms with van der Waals surface area (Å²) in [6.45, 7) is 2.56. The summed E-state index contributed by atoms with van der Waals surface area (Å²) in [5.74, 6) is 3.03. The Morgan fingerprint density at radius 3 is 2.62 bits per heavy atom. The van der Waals surface area contributed by atoms with Crippen molar-refractivity contribution >= 4 is 23.5 Å². The van der Waals surface area contributed by atoms with Crippen LogP contribution in [0.25, 0.3) is 0 Å². The van der Waals surface area contributed by atoms with Crippen molar-refractivity contribution in [3.05, 3.63) is 47.0 Å². The van der Waals surface area contributed by atoms with Crippen LogP contribution in [0.4, 0.5) is 10.3 Å². The lowest BCUT2D eigenvalue weighted by molar-refractivity contribution is -0.121. The zero-order valence-corrected chi connectivity index (χ0v) is 20.1. The van der Waals surface area contributed by atoms with E-state index in [1.165, 1.54) is 12.5 Å². The predicted octanol–water partition coefficient (Wildman–Crippen LogP) is 4.80. The van der Waals surface area contributed by atoms with E-state index in [0.717, 1.165) is 69.4 Å². The average molecular weight is 487 g/mol. The molecule has 2 unspecified atom stereocenters. The monoisotopic (exact) mass is 486 g/mol. The molecule has 1 aliphatic heterocycles. The van der Waals surface area contributed by atoms with Crippen LogP contribution in [0.3, 0.4) is 0 Å². The van der Waals surface area contributed by atoms with Gasteiger partial charge < -0.3 is 15.0 Å². The van der Waals surface area contributed by atoms with E-state index in [0.29, 0.717) is 28.9 Å². The number of aromatic nitrogens is 2. The summed E-state index contributed by atoms with van der Waals surface area (Å²) >= 11 is 5.89. The maximum atomic E-state index is 14.4. The maximum absolute atomic E-state index is 14.4. The smallest absolute Gasteiger partial charge is 0.225 e. The van der Waals surface area contributed by atoms with Crippen molar-refractivity contribution in [1.29, 1.82) is 0 Å². The Hall–Kier alpha value is -2.41. The highest BCUT2D eigenvalue weighted by atomic mass is 35.5. The normalized spacial score (nSPS) is 22.8. The second-order valence-corrected chi connectivity index (χ2v) is 10.4. The maximum Gasteiger partial charge on any atom is 0.225 e. The highest BCUT2D eigenvalue weighted by Gasteiger charge is 2.43. The molecule has 1 amide bonds. The number of nitrogens with zero attached hydrogens (tertiary/aromatic N) is 3. The Bertz CT molecular complexity index is 993. The number of benzene rings is 1. The predicted molar refractivity (Wildman–Crippen MR) is 130 cm³/mol. The lowest BCUT2D eigenvalue weighted by Crippen LogP contribution is -2.40. The summed E-state index contributed by atoms with van der Waals surface area (Å²) in [5.41, 5.74) is 0.418. The number of carbonyl (C=O) groups is 1. The third-order valence-electron chi connectivity index (χ3n) is 7.62. The van der Waals surface area contributed by atoms with E-state index in [4.69, 9.17) is 16.3 Å². The summed E-state index contributed by atoms with van der Waals surface area (Å²) in [4.78, 5) is 23.0. The average Bonchev–Trinajstić information content (AvgIpc) is 3.58. The molecule has 0 bridgehead atoms. The lowest BCUT2D eigenvalue weighted by Gasteiger charge is -2.32. The van der Waals surface area contributed by atoms with E-state index in [-0.39, 0.29) is 24.2 Å². The van der Waals surface area contributed by atoms with Gasteiger partial charge in [-0.25, -0.2) is 14.4 Å². The number of hydrogen-bond donors (Lipinski definition) is 1. The zero-order chi connectivity index (χ0) is 23.5. The van der Waals surface area contributed by atoms with Crippen molar-refractivity contribution < 1.29 is 13.9 Å². The van der Waals surface area contributed by atoms with Crippen molar-refractivity contribution in [3.8, 4) is 5.75 Å². The van der Waals surface area contributed by atoms with Gasteiger partial charge >= 0.3 is 0 Å². The molecule has 34 heavy (non-hydrogen) atoms. The van der Waals surface area contributed by atoms with Crippen LogP contribution in [0.5, 0.6) is 5.75 Å². The van der Waals surface area contributed by atoms with Gasteiger partial charge in [-0.1, -0.05) is 17.7 Å². The molecule has 1 saturated heterocycles. The van der Waals surface area contributed by atoms with Crippen LogP contribution in [0, 0.1) is 23.6 Å².